The van der Waals surface area contributed by atoms with Crippen LogP contribution in [0.4, 0.5) is 0 Å². The smallest absolute Gasteiger partial charge is 0.255 e. The second kappa shape index (κ2) is 5.96. The summed E-state index contributed by atoms with van der Waals surface area (Å²) in [6.07, 6.45) is 3.58. The maximum atomic E-state index is 12.3. The summed E-state index contributed by atoms with van der Waals surface area (Å²) in [5.74, 6) is 0.256. The lowest BCUT2D eigenvalue weighted by molar-refractivity contribution is 0.0937. The Morgan fingerprint density at radius 1 is 1.50 bits per heavy atom. The van der Waals surface area contributed by atoms with E-state index in [1.54, 1.807) is 29.1 Å². The molecule has 0 spiro atoms. The zero-order valence-corrected chi connectivity index (χ0v) is 12.3. The third kappa shape index (κ3) is 3.11. The number of carbonyl (C=O) groups is 1. The van der Waals surface area contributed by atoms with Gasteiger partial charge < -0.3 is 10.1 Å². The molecule has 1 atom stereocenters. The first-order chi connectivity index (χ1) is 9.51. The standard InChI is InChI=1S/C14H16ClN3O2/c1-9(10-7-16-18(2)8-10)17-14(19)12-6-11(15)4-5-13(12)20-3/h4-9H,1-3H3,(H,17,19). The Kier molecular flexibility index (Phi) is 4.29. The normalized spacial score (nSPS) is 12.0. The first-order valence-corrected chi connectivity index (χ1v) is 6.52. The Morgan fingerprint density at radius 2 is 2.25 bits per heavy atom. The molecular weight excluding hydrogens is 278 g/mol. The van der Waals surface area contributed by atoms with Gasteiger partial charge in [0.15, 0.2) is 0 Å². The van der Waals surface area contributed by atoms with Gasteiger partial charge in [-0.05, 0) is 25.1 Å². The average Bonchev–Trinajstić information content (AvgIpc) is 2.85. The number of carbonyl (C=O) groups excluding carboxylic acids is 1. The number of aryl methyl sites for hydroxylation is 1. The van der Waals surface area contributed by atoms with Crippen LogP contribution >= 0.6 is 11.6 Å². The Balaban J connectivity index is 2.18. The molecule has 1 N–H and O–H groups in total. The molecule has 1 heterocycles. The van der Waals surface area contributed by atoms with Gasteiger partial charge in [0.1, 0.15) is 5.75 Å². The molecule has 0 bridgehead atoms. The van der Waals surface area contributed by atoms with Crippen molar-refractivity contribution in [2.75, 3.05) is 7.11 Å². The molecule has 5 nitrogen and oxygen atoms in total. The lowest BCUT2D eigenvalue weighted by atomic mass is 10.1. The molecule has 20 heavy (non-hydrogen) atoms. The van der Waals surface area contributed by atoms with Crippen molar-refractivity contribution in [2.24, 2.45) is 7.05 Å². The molecule has 0 aliphatic rings. The molecule has 2 aromatic rings. The SMILES string of the molecule is COc1ccc(Cl)cc1C(=O)NC(C)c1cnn(C)c1. The highest BCUT2D eigenvalue weighted by atomic mass is 35.5. The van der Waals surface area contributed by atoms with Crippen LogP contribution in [0.15, 0.2) is 30.6 Å². The summed E-state index contributed by atoms with van der Waals surface area (Å²) in [4.78, 5) is 12.3. The summed E-state index contributed by atoms with van der Waals surface area (Å²) < 4.78 is 6.87. The average molecular weight is 294 g/mol. The van der Waals surface area contributed by atoms with Crippen molar-refractivity contribution < 1.29 is 9.53 Å². The van der Waals surface area contributed by atoms with Crippen molar-refractivity contribution in [3.63, 3.8) is 0 Å². The molecule has 0 saturated carbocycles. The van der Waals surface area contributed by atoms with Gasteiger partial charge in [-0.3, -0.25) is 9.48 Å². The number of halogens is 1. The molecule has 1 amide bonds. The number of nitrogens with zero attached hydrogens (tertiary/aromatic N) is 2. The van der Waals surface area contributed by atoms with Crippen molar-refractivity contribution in [1.29, 1.82) is 0 Å². The van der Waals surface area contributed by atoms with E-state index in [0.29, 0.717) is 16.3 Å². The van der Waals surface area contributed by atoms with Crippen LogP contribution in [0, 0.1) is 0 Å². The number of methoxy groups -OCH3 is 1. The Bertz CT molecular complexity index is 625. The number of hydrogen-bond donors (Lipinski definition) is 1. The largest absolute Gasteiger partial charge is 0.496 e. The highest BCUT2D eigenvalue weighted by Crippen LogP contribution is 2.23. The minimum absolute atomic E-state index is 0.153. The third-order valence-electron chi connectivity index (χ3n) is 2.98. The van der Waals surface area contributed by atoms with Gasteiger partial charge in [-0.25, -0.2) is 0 Å². The highest BCUT2D eigenvalue weighted by molar-refractivity contribution is 6.31. The van der Waals surface area contributed by atoms with E-state index in [1.807, 2.05) is 20.2 Å². The highest BCUT2D eigenvalue weighted by Gasteiger charge is 2.16. The lowest BCUT2D eigenvalue weighted by Crippen LogP contribution is -2.26. The fourth-order valence-corrected chi connectivity index (χ4v) is 2.05. The second-order valence-electron chi connectivity index (χ2n) is 4.49. The summed E-state index contributed by atoms with van der Waals surface area (Å²) in [5, 5.41) is 7.47. The molecule has 0 radical (unpaired) electrons. The molecule has 2 rings (SSSR count). The molecule has 6 heteroatoms. The Labute approximate surface area is 122 Å². The quantitative estimate of drug-likeness (QED) is 0.942. The van der Waals surface area contributed by atoms with Gasteiger partial charge in [-0.2, -0.15) is 5.10 Å². The van der Waals surface area contributed by atoms with Crippen molar-refractivity contribution in [1.82, 2.24) is 15.1 Å². The predicted molar refractivity (Wildman–Crippen MR) is 77.1 cm³/mol. The van der Waals surface area contributed by atoms with E-state index in [9.17, 15) is 4.79 Å². The zero-order valence-electron chi connectivity index (χ0n) is 11.6. The summed E-state index contributed by atoms with van der Waals surface area (Å²) in [6, 6.07) is 4.79. The van der Waals surface area contributed by atoms with Gasteiger partial charge in [0.2, 0.25) is 0 Å². The van der Waals surface area contributed by atoms with Gasteiger partial charge in [0.25, 0.3) is 5.91 Å². The molecule has 1 aromatic heterocycles. The molecule has 106 valence electrons. The van der Waals surface area contributed by atoms with Crippen molar-refractivity contribution in [3.05, 3.63) is 46.7 Å². The molecule has 0 fully saturated rings. The van der Waals surface area contributed by atoms with Crippen molar-refractivity contribution in [2.45, 2.75) is 13.0 Å². The van der Waals surface area contributed by atoms with Crippen LogP contribution in [0.1, 0.15) is 28.9 Å². The molecule has 0 saturated heterocycles. The maximum absolute atomic E-state index is 12.3. The summed E-state index contributed by atoms with van der Waals surface area (Å²) >= 11 is 5.93. The number of benzene rings is 1. The summed E-state index contributed by atoms with van der Waals surface area (Å²) in [5.41, 5.74) is 1.34. The van der Waals surface area contributed by atoms with E-state index in [2.05, 4.69) is 10.4 Å². The molecule has 1 unspecified atom stereocenters. The Morgan fingerprint density at radius 3 is 2.85 bits per heavy atom. The van der Waals surface area contributed by atoms with Crippen LogP contribution in [0.5, 0.6) is 5.75 Å². The van der Waals surface area contributed by atoms with Crippen LogP contribution in [-0.4, -0.2) is 22.8 Å². The number of aromatic nitrogens is 2. The van der Waals surface area contributed by atoms with Crippen LogP contribution < -0.4 is 10.1 Å². The van der Waals surface area contributed by atoms with Crippen LogP contribution in [0.25, 0.3) is 0 Å². The predicted octanol–water partition coefficient (Wildman–Crippen LogP) is 2.57. The summed E-state index contributed by atoms with van der Waals surface area (Å²) in [6.45, 7) is 1.89. The fourth-order valence-electron chi connectivity index (χ4n) is 1.88. The third-order valence-corrected chi connectivity index (χ3v) is 3.21. The monoisotopic (exact) mass is 293 g/mol. The molecule has 0 aliphatic carbocycles. The second-order valence-corrected chi connectivity index (χ2v) is 4.92. The van der Waals surface area contributed by atoms with Gasteiger partial charge in [0.05, 0.1) is 24.9 Å². The van der Waals surface area contributed by atoms with Gasteiger partial charge >= 0.3 is 0 Å². The van der Waals surface area contributed by atoms with Gasteiger partial charge in [-0.15, -0.1) is 0 Å². The minimum Gasteiger partial charge on any atom is -0.496 e. The number of nitrogens with one attached hydrogen (secondary N) is 1. The summed E-state index contributed by atoms with van der Waals surface area (Å²) in [7, 11) is 3.35. The molecule has 0 aliphatic heterocycles. The molecule has 1 aromatic carbocycles. The first kappa shape index (κ1) is 14.4. The van der Waals surface area contributed by atoms with E-state index in [-0.39, 0.29) is 11.9 Å². The fraction of sp³-hybridized carbons (Fsp3) is 0.286. The number of ether oxygens (including phenoxy) is 1. The van der Waals surface area contributed by atoms with Crippen molar-refractivity contribution >= 4 is 17.5 Å². The topological polar surface area (TPSA) is 56.1 Å². The number of rotatable bonds is 4. The minimum atomic E-state index is -0.235. The van der Waals surface area contributed by atoms with Crippen molar-refractivity contribution in [3.8, 4) is 5.75 Å². The van der Waals surface area contributed by atoms with E-state index in [4.69, 9.17) is 16.3 Å². The maximum Gasteiger partial charge on any atom is 0.255 e. The van der Waals surface area contributed by atoms with E-state index in [1.165, 1.54) is 7.11 Å². The zero-order chi connectivity index (χ0) is 14.7. The van der Waals surface area contributed by atoms with E-state index in [0.717, 1.165) is 5.56 Å². The van der Waals surface area contributed by atoms with Gasteiger partial charge in [-0.1, -0.05) is 11.6 Å². The van der Waals surface area contributed by atoms with E-state index < -0.39 is 0 Å². The number of amides is 1. The molecular formula is C14H16ClN3O2. The van der Waals surface area contributed by atoms with Crippen LogP contribution in [0.2, 0.25) is 5.02 Å². The lowest BCUT2D eigenvalue weighted by Gasteiger charge is -2.14. The first-order valence-electron chi connectivity index (χ1n) is 6.14. The van der Waals surface area contributed by atoms with Crippen LogP contribution in [0.3, 0.4) is 0 Å². The van der Waals surface area contributed by atoms with Crippen LogP contribution in [-0.2, 0) is 7.05 Å². The van der Waals surface area contributed by atoms with E-state index >= 15 is 0 Å². The Hall–Kier alpha value is -2.01. The van der Waals surface area contributed by atoms with Gasteiger partial charge in [0, 0.05) is 23.8 Å². The number of hydrogen-bond acceptors (Lipinski definition) is 3.